The first-order valence-corrected chi connectivity index (χ1v) is 5.32. The van der Waals surface area contributed by atoms with Gasteiger partial charge in [0.2, 0.25) is 0 Å². The zero-order chi connectivity index (χ0) is 14.8. The van der Waals surface area contributed by atoms with E-state index in [1.54, 1.807) is 0 Å². The maximum atomic E-state index is 12.5. The molecule has 0 aliphatic heterocycles. The molecule has 0 saturated carbocycles. The van der Waals surface area contributed by atoms with Crippen molar-refractivity contribution in [1.82, 2.24) is 0 Å². The number of nitro groups is 1. The molecule has 19 heavy (non-hydrogen) atoms. The largest absolute Gasteiger partial charge is 0.416 e. The Morgan fingerprint density at radius 3 is 2.37 bits per heavy atom. The first-order chi connectivity index (χ1) is 8.50. The van der Waals surface area contributed by atoms with Crippen molar-refractivity contribution in [3.05, 3.63) is 33.9 Å². The Hall–Kier alpha value is -1.83. The summed E-state index contributed by atoms with van der Waals surface area (Å²) >= 11 is 0. The van der Waals surface area contributed by atoms with Crippen LogP contribution in [0.4, 0.5) is 24.5 Å². The van der Waals surface area contributed by atoms with Crippen molar-refractivity contribution in [3.63, 3.8) is 0 Å². The molecule has 0 spiro atoms. The number of halogens is 3. The zero-order valence-electron chi connectivity index (χ0n) is 10.3. The fraction of sp³-hybridized carbons (Fsp3) is 0.455. The van der Waals surface area contributed by atoms with Crippen LogP contribution >= 0.6 is 0 Å². The normalized spacial score (nSPS) is 12.3. The molecular formula is C11H13F3N2O3. The molecule has 0 atom stereocenters. The van der Waals surface area contributed by atoms with E-state index in [-0.39, 0.29) is 12.2 Å². The van der Waals surface area contributed by atoms with Crippen LogP contribution in [0.3, 0.4) is 0 Å². The maximum Gasteiger partial charge on any atom is 0.416 e. The highest BCUT2D eigenvalue weighted by atomic mass is 19.4. The van der Waals surface area contributed by atoms with Crippen LogP contribution in [-0.4, -0.2) is 22.2 Å². The van der Waals surface area contributed by atoms with Crippen LogP contribution in [-0.2, 0) is 6.18 Å². The lowest BCUT2D eigenvalue weighted by atomic mass is 10.1. The van der Waals surface area contributed by atoms with E-state index in [1.165, 1.54) is 13.8 Å². The summed E-state index contributed by atoms with van der Waals surface area (Å²) in [5, 5.41) is 22.8. The zero-order valence-corrected chi connectivity index (χ0v) is 10.3. The first-order valence-electron chi connectivity index (χ1n) is 5.32. The van der Waals surface area contributed by atoms with Crippen molar-refractivity contribution in [3.8, 4) is 0 Å². The second-order valence-electron chi connectivity index (χ2n) is 4.65. The van der Waals surface area contributed by atoms with Gasteiger partial charge in [-0.25, -0.2) is 0 Å². The van der Waals surface area contributed by atoms with Gasteiger partial charge in [0.1, 0.15) is 5.69 Å². The SMILES string of the molecule is CC(C)(O)CNc1ccc(C(F)(F)F)cc1[N+](=O)[O-]. The Bertz CT molecular complexity index is 481. The van der Waals surface area contributed by atoms with Crippen LogP contribution in [0.15, 0.2) is 18.2 Å². The highest BCUT2D eigenvalue weighted by Gasteiger charge is 2.33. The van der Waals surface area contributed by atoms with Gasteiger partial charge in [-0.15, -0.1) is 0 Å². The fourth-order valence-electron chi connectivity index (χ4n) is 1.32. The van der Waals surface area contributed by atoms with Gasteiger partial charge < -0.3 is 10.4 Å². The van der Waals surface area contributed by atoms with E-state index < -0.39 is 28.0 Å². The maximum absolute atomic E-state index is 12.5. The van der Waals surface area contributed by atoms with E-state index in [9.17, 15) is 28.4 Å². The number of rotatable bonds is 4. The molecule has 0 saturated heterocycles. The molecule has 0 amide bonds. The van der Waals surface area contributed by atoms with E-state index in [0.29, 0.717) is 6.07 Å². The van der Waals surface area contributed by atoms with E-state index >= 15 is 0 Å². The van der Waals surface area contributed by atoms with Crippen molar-refractivity contribution < 1.29 is 23.2 Å². The summed E-state index contributed by atoms with van der Waals surface area (Å²) in [5.74, 6) is 0. The van der Waals surface area contributed by atoms with Gasteiger partial charge in [0.25, 0.3) is 5.69 Å². The van der Waals surface area contributed by atoms with Crippen LogP contribution in [0.1, 0.15) is 19.4 Å². The summed E-state index contributed by atoms with van der Waals surface area (Å²) in [7, 11) is 0. The summed E-state index contributed by atoms with van der Waals surface area (Å²) in [6, 6.07) is 2.19. The third kappa shape index (κ3) is 4.40. The van der Waals surface area contributed by atoms with Gasteiger partial charge in [0, 0.05) is 12.6 Å². The second kappa shape index (κ2) is 5.04. The first kappa shape index (κ1) is 15.2. The average molecular weight is 278 g/mol. The lowest BCUT2D eigenvalue weighted by Crippen LogP contribution is -2.29. The highest BCUT2D eigenvalue weighted by Crippen LogP contribution is 2.35. The minimum atomic E-state index is -4.64. The minimum absolute atomic E-state index is 0.0286. The van der Waals surface area contributed by atoms with Crippen LogP contribution in [0.2, 0.25) is 0 Å². The van der Waals surface area contributed by atoms with Crippen molar-refractivity contribution >= 4 is 11.4 Å². The average Bonchev–Trinajstić information content (AvgIpc) is 2.23. The van der Waals surface area contributed by atoms with Crippen LogP contribution in [0.5, 0.6) is 0 Å². The van der Waals surface area contributed by atoms with E-state index in [1.807, 2.05) is 0 Å². The molecule has 0 bridgehead atoms. The predicted molar refractivity (Wildman–Crippen MR) is 62.9 cm³/mol. The molecule has 0 unspecified atom stereocenters. The Labute approximate surface area is 107 Å². The number of hydrogen-bond donors (Lipinski definition) is 2. The Balaban J connectivity index is 3.09. The molecule has 8 heteroatoms. The molecule has 1 aromatic carbocycles. The number of aliphatic hydroxyl groups is 1. The Morgan fingerprint density at radius 2 is 1.95 bits per heavy atom. The van der Waals surface area contributed by atoms with E-state index in [4.69, 9.17) is 0 Å². The number of nitrogens with zero attached hydrogens (tertiary/aromatic N) is 1. The molecule has 1 rings (SSSR count). The summed E-state index contributed by atoms with van der Waals surface area (Å²) in [6.07, 6.45) is -4.64. The van der Waals surface area contributed by atoms with Crippen molar-refractivity contribution in [2.45, 2.75) is 25.6 Å². The molecule has 0 fully saturated rings. The smallest absolute Gasteiger partial charge is 0.389 e. The number of hydrogen-bond acceptors (Lipinski definition) is 4. The third-order valence-electron chi connectivity index (χ3n) is 2.23. The molecule has 0 aliphatic carbocycles. The number of anilines is 1. The van der Waals surface area contributed by atoms with Gasteiger partial charge in [-0.05, 0) is 26.0 Å². The van der Waals surface area contributed by atoms with Gasteiger partial charge in [0.05, 0.1) is 16.1 Å². The van der Waals surface area contributed by atoms with Crippen molar-refractivity contribution in [2.24, 2.45) is 0 Å². The number of benzene rings is 1. The van der Waals surface area contributed by atoms with E-state index in [2.05, 4.69) is 5.32 Å². The summed E-state index contributed by atoms with van der Waals surface area (Å²) in [5.41, 5.74) is -2.98. The van der Waals surface area contributed by atoms with Crippen molar-refractivity contribution in [2.75, 3.05) is 11.9 Å². The predicted octanol–water partition coefficient (Wildman–Crippen LogP) is 2.80. The number of nitrogens with one attached hydrogen (secondary N) is 1. The molecule has 0 aromatic heterocycles. The standard InChI is InChI=1S/C11H13F3N2O3/c1-10(2,17)6-15-8-4-3-7(11(12,13)14)5-9(8)16(18)19/h3-5,15,17H,6H2,1-2H3. The van der Waals surface area contributed by atoms with Gasteiger partial charge >= 0.3 is 6.18 Å². The monoisotopic (exact) mass is 278 g/mol. The van der Waals surface area contributed by atoms with Crippen molar-refractivity contribution in [1.29, 1.82) is 0 Å². The summed E-state index contributed by atoms with van der Waals surface area (Å²) < 4.78 is 37.4. The Kier molecular flexibility index (Phi) is 4.04. The molecule has 0 aliphatic rings. The summed E-state index contributed by atoms with van der Waals surface area (Å²) in [4.78, 5) is 9.86. The molecule has 106 valence electrons. The van der Waals surface area contributed by atoms with Gasteiger partial charge in [-0.1, -0.05) is 0 Å². The second-order valence-corrected chi connectivity index (χ2v) is 4.65. The molecule has 5 nitrogen and oxygen atoms in total. The van der Waals surface area contributed by atoms with Gasteiger partial charge in [-0.3, -0.25) is 10.1 Å². The molecule has 1 aromatic rings. The van der Waals surface area contributed by atoms with Crippen LogP contribution in [0.25, 0.3) is 0 Å². The molecule has 2 N–H and O–H groups in total. The Morgan fingerprint density at radius 1 is 1.37 bits per heavy atom. The quantitative estimate of drug-likeness (QED) is 0.656. The molecule has 0 radical (unpaired) electrons. The molecule has 0 heterocycles. The third-order valence-corrected chi connectivity index (χ3v) is 2.23. The lowest BCUT2D eigenvalue weighted by molar-refractivity contribution is -0.384. The van der Waals surface area contributed by atoms with Crippen LogP contribution < -0.4 is 5.32 Å². The minimum Gasteiger partial charge on any atom is -0.389 e. The highest BCUT2D eigenvalue weighted by molar-refractivity contribution is 5.63. The number of alkyl halides is 3. The summed E-state index contributed by atoms with van der Waals surface area (Å²) in [6.45, 7) is 2.91. The molecular weight excluding hydrogens is 265 g/mol. The van der Waals surface area contributed by atoms with Crippen LogP contribution in [0, 0.1) is 10.1 Å². The van der Waals surface area contributed by atoms with Gasteiger partial charge in [-0.2, -0.15) is 13.2 Å². The van der Waals surface area contributed by atoms with Gasteiger partial charge in [0.15, 0.2) is 0 Å². The lowest BCUT2D eigenvalue weighted by Gasteiger charge is -2.18. The number of nitro benzene ring substituents is 1. The fourth-order valence-corrected chi connectivity index (χ4v) is 1.32. The topological polar surface area (TPSA) is 75.4 Å². The van der Waals surface area contributed by atoms with E-state index in [0.717, 1.165) is 12.1 Å².